The number of carboxylic acids is 1. The Kier molecular flexibility index (Phi) is 6.02. The standard InChI is InChI=1S/C17H12ClF3O3S/c1-24-11-4-2-3-5-12(11)25-13-8-6-10(7-9-14(22)23)15(16(13)18)17(19,20)21/h2-9H,1H3,(H,22,23). The second-order valence-electron chi connectivity index (χ2n) is 4.76. The zero-order chi connectivity index (χ0) is 18.6. The third-order valence-corrected chi connectivity index (χ3v) is 4.74. The predicted molar refractivity (Wildman–Crippen MR) is 90.2 cm³/mol. The van der Waals surface area contributed by atoms with Crippen molar-refractivity contribution in [2.75, 3.05) is 7.11 Å². The van der Waals surface area contributed by atoms with E-state index in [0.717, 1.165) is 17.8 Å². The Hall–Kier alpha value is -2.12. The average Bonchev–Trinajstić information content (AvgIpc) is 2.54. The molecule has 0 unspecified atom stereocenters. The highest BCUT2D eigenvalue weighted by Gasteiger charge is 2.36. The van der Waals surface area contributed by atoms with Crippen LogP contribution < -0.4 is 4.74 Å². The van der Waals surface area contributed by atoms with Gasteiger partial charge in [0.1, 0.15) is 5.75 Å². The summed E-state index contributed by atoms with van der Waals surface area (Å²) in [6.07, 6.45) is -3.23. The van der Waals surface area contributed by atoms with Gasteiger partial charge in [0.15, 0.2) is 0 Å². The largest absolute Gasteiger partial charge is 0.496 e. The van der Waals surface area contributed by atoms with Crippen LogP contribution >= 0.6 is 23.4 Å². The maximum absolute atomic E-state index is 13.4. The molecule has 2 rings (SSSR count). The second kappa shape index (κ2) is 7.84. The summed E-state index contributed by atoms with van der Waals surface area (Å²) in [6.45, 7) is 0. The molecule has 0 aliphatic carbocycles. The van der Waals surface area contributed by atoms with Crippen LogP contribution in [0.2, 0.25) is 5.02 Å². The van der Waals surface area contributed by atoms with Gasteiger partial charge in [-0.3, -0.25) is 0 Å². The molecule has 25 heavy (non-hydrogen) atoms. The van der Waals surface area contributed by atoms with Crippen LogP contribution in [-0.2, 0) is 11.0 Å². The van der Waals surface area contributed by atoms with Gasteiger partial charge in [0.25, 0.3) is 0 Å². The van der Waals surface area contributed by atoms with E-state index in [0.29, 0.717) is 16.7 Å². The number of carbonyl (C=O) groups is 1. The van der Waals surface area contributed by atoms with Crippen molar-refractivity contribution in [1.82, 2.24) is 0 Å². The van der Waals surface area contributed by atoms with Gasteiger partial charge in [0.2, 0.25) is 0 Å². The van der Waals surface area contributed by atoms with Crippen molar-refractivity contribution in [2.45, 2.75) is 16.0 Å². The van der Waals surface area contributed by atoms with Crippen molar-refractivity contribution >= 4 is 35.4 Å². The molecule has 0 heterocycles. The molecule has 0 saturated carbocycles. The number of halogens is 4. The van der Waals surface area contributed by atoms with Crippen molar-refractivity contribution < 1.29 is 27.8 Å². The van der Waals surface area contributed by atoms with Gasteiger partial charge in [-0.2, -0.15) is 13.2 Å². The van der Waals surface area contributed by atoms with Gasteiger partial charge in [-0.1, -0.05) is 41.6 Å². The first-order chi connectivity index (χ1) is 11.7. The molecule has 0 aromatic heterocycles. The lowest BCUT2D eigenvalue weighted by molar-refractivity contribution is -0.138. The number of alkyl halides is 3. The maximum atomic E-state index is 13.4. The normalized spacial score (nSPS) is 11.7. The van der Waals surface area contributed by atoms with Gasteiger partial charge in [-0.15, -0.1) is 0 Å². The summed E-state index contributed by atoms with van der Waals surface area (Å²) >= 11 is 7.03. The molecule has 0 fully saturated rings. The fourth-order valence-corrected chi connectivity index (χ4v) is 3.42. The minimum absolute atomic E-state index is 0.186. The lowest BCUT2D eigenvalue weighted by Crippen LogP contribution is -2.09. The summed E-state index contributed by atoms with van der Waals surface area (Å²) in [6, 6.07) is 9.46. The fraction of sp³-hybridized carbons (Fsp3) is 0.118. The third kappa shape index (κ3) is 4.70. The Morgan fingerprint density at radius 1 is 1.20 bits per heavy atom. The van der Waals surface area contributed by atoms with Crippen LogP contribution in [0, 0.1) is 0 Å². The highest BCUT2D eigenvalue weighted by molar-refractivity contribution is 7.99. The van der Waals surface area contributed by atoms with Crippen LogP contribution in [0.15, 0.2) is 52.3 Å². The van der Waals surface area contributed by atoms with Gasteiger partial charge in [-0.25, -0.2) is 4.79 Å². The summed E-state index contributed by atoms with van der Waals surface area (Å²) in [4.78, 5) is 11.4. The van der Waals surface area contributed by atoms with Crippen molar-refractivity contribution in [1.29, 1.82) is 0 Å². The predicted octanol–water partition coefficient (Wildman–Crippen LogP) is 5.62. The van der Waals surface area contributed by atoms with Crippen molar-refractivity contribution in [3.8, 4) is 5.75 Å². The Morgan fingerprint density at radius 3 is 2.48 bits per heavy atom. The van der Waals surface area contributed by atoms with E-state index in [4.69, 9.17) is 21.4 Å². The Morgan fingerprint density at radius 2 is 1.88 bits per heavy atom. The zero-order valence-electron chi connectivity index (χ0n) is 12.8. The van der Waals surface area contributed by atoms with E-state index in [-0.39, 0.29) is 10.5 Å². The number of ether oxygens (including phenoxy) is 1. The fourth-order valence-electron chi connectivity index (χ4n) is 2.06. The number of aliphatic carboxylic acids is 1. The van der Waals surface area contributed by atoms with Gasteiger partial charge in [0.05, 0.1) is 22.6 Å². The first-order valence-electron chi connectivity index (χ1n) is 6.85. The molecule has 2 aromatic carbocycles. The lowest BCUT2D eigenvalue weighted by Gasteiger charge is -2.16. The first kappa shape index (κ1) is 19.2. The van der Waals surface area contributed by atoms with Crippen LogP contribution in [0.5, 0.6) is 5.75 Å². The molecule has 0 atom stereocenters. The van der Waals surface area contributed by atoms with E-state index in [1.807, 2.05) is 0 Å². The van der Waals surface area contributed by atoms with E-state index < -0.39 is 22.7 Å². The topological polar surface area (TPSA) is 46.5 Å². The highest BCUT2D eigenvalue weighted by Crippen LogP contribution is 2.45. The molecular weight excluding hydrogens is 377 g/mol. The van der Waals surface area contributed by atoms with Crippen LogP contribution in [-0.4, -0.2) is 18.2 Å². The van der Waals surface area contributed by atoms with E-state index in [1.54, 1.807) is 24.3 Å². The van der Waals surface area contributed by atoms with E-state index >= 15 is 0 Å². The smallest absolute Gasteiger partial charge is 0.418 e. The minimum atomic E-state index is -4.73. The van der Waals surface area contributed by atoms with Crippen molar-refractivity contribution in [3.63, 3.8) is 0 Å². The molecule has 0 aliphatic heterocycles. The lowest BCUT2D eigenvalue weighted by atomic mass is 10.1. The summed E-state index contributed by atoms with van der Waals surface area (Å²) in [5, 5.41) is 8.14. The molecule has 2 aromatic rings. The summed E-state index contributed by atoms with van der Waals surface area (Å²) in [5.74, 6) is -0.844. The Labute approximate surface area is 151 Å². The van der Waals surface area contributed by atoms with Crippen LogP contribution in [0.3, 0.4) is 0 Å². The molecular formula is C17H12ClF3O3S. The van der Waals surface area contributed by atoms with Crippen LogP contribution in [0.25, 0.3) is 6.08 Å². The van der Waals surface area contributed by atoms with Crippen LogP contribution in [0.1, 0.15) is 11.1 Å². The number of rotatable bonds is 5. The van der Waals surface area contributed by atoms with Gasteiger partial charge in [-0.05, 0) is 29.8 Å². The van der Waals surface area contributed by atoms with Gasteiger partial charge >= 0.3 is 12.1 Å². The maximum Gasteiger partial charge on any atom is 0.418 e. The van der Waals surface area contributed by atoms with E-state index in [1.165, 1.54) is 19.2 Å². The van der Waals surface area contributed by atoms with Crippen LogP contribution in [0.4, 0.5) is 13.2 Å². The molecule has 3 nitrogen and oxygen atoms in total. The van der Waals surface area contributed by atoms with E-state index in [9.17, 15) is 18.0 Å². The molecule has 132 valence electrons. The quantitative estimate of drug-likeness (QED) is 0.675. The number of hydrogen-bond donors (Lipinski definition) is 1. The first-order valence-corrected chi connectivity index (χ1v) is 8.05. The Bertz CT molecular complexity index is 819. The summed E-state index contributed by atoms with van der Waals surface area (Å²) < 4.78 is 45.4. The van der Waals surface area contributed by atoms with Gasteiger partial charge in [0, 0.05) is 11.0 Å². The SMILES string of the molecule is COc1ccccc1Sc1ccc(C=CC(=O)O)c(C(F)(F)F)c1Cl. The van der Waals surface area contributed by atoms with Crippen molar-refractivity contribution in [3.05, 3.63) is 58.6 Å². The third-order valence-electron chi connectivity index (χ3n) is 3.12. The monoisotopic (exact) mass is 388 g/mol. The minimum Gasteiger partial charge on any atom is -0.496 e. The summed E-state index contributed by atoms with van der Waals surface area (Å²) in [7, 11) is 1.46. The molecule has 8 heteroatoms. The molecule has 0 saturated heterocycles. The molecule has 0 aliphatic rings. The number of para-hydroxylation sites is 1. The average molecular weight is 389 g/mol. The Balaban J connectivity index is 2.53. The molecule has 0 bridgehead atoms. The number of carboxylic acid groups (broad SMARTS) is 1. The summed E-state index contributed by atoms with van der Waals surface area (Å²) in [5.41, 5.74) is -1.39. The second-order valence-corrected chi connectivity index (χ2v) is 6.23. The zero-order valence-corrected chi connectivity index (χ0v) is 14.4. The molecule has 0 spiro atoms. The van der Waals surface area contributed by atoms with Gasteiger partial charge < -0.3 is 9.84 Å². The highest BCUT2D eigenvalue weighted by atomic mass is 35.5. The number of hydrogen-bond acceptors (Lipinski definition) is 3. The molecule has 0 radical (unpaired) electrons. The van der Waals surface area contributed by atoms with E-state index in [2.05, 4.69) is 0 Å². The number of methoxy groups -OCH3 is 1. The molecule has 1 N–H and O–H groups in total. The molecule has 0 amide bonds. The van der Waals surface area contributed by atoms with Crippen molar-refractivity contribution in [2.24, 2.45) is 0 Å². The number of benzene rings is 2.